The number of benzene rings is 1. The van der Waals surface area contributed by atoms with Crippen LogP contribution in [0.3, 0.4) is 0 Å². The van der Waals surface area contributed by atoms with E-state index in [1.807, 2.05) is 6.07 Å². The molecule has 1 amide bonds. The van der Waals surface area contributed by atoms with Crippen LogP contribution in [0.4, 0.5) is 11.4 Å². The SMILES string of the molecule is O=C1Cc2cc(N3CCNCC3)ccc2N1CCO. The van der Waals surface area contributed by atoms with E-state index in [0.717, 1.165) is 37.4 Å². The van der Waals surface area contributed by atoms with Crippen molar-refractivity contribution in [3.8, 4) is 0 Å². The van der Waals surface area contributed by atoms with E-state index in [1.165, 1.54) is 5.69 Å². The molecule has 1 fully saturated rings. The maximum absolute atomic E-state index is 11.9. The zero-order valence-electron chi connectivity index (χ0n) is 10.9. The number of hydrogen-bond donors (Lipinski definition) is 2. The van der Waals surface area contributed by atoms with E-state index in [2.05, 4.69) is 22.3 Å². The lowest BCUT2D eigenvalue weighted by molar-refractivity contribution is -0.117. The third-order valence-electron chi connectivity index (χ3n) is 3.80. The van der Waals surface area contributed by atoms with Crippen molar-refractivity contribution in [3.63, 3.8) is 0 Å². The third kappa shape index (κ3) is 2.31. The average molecular weight is 261 g/mol. The van der Waals surface area contributed by atoms with Gasteiger partial charge >= 0.3 is 0 Å². The van der Waals surface area contributed by atoms with Crippen molar-refractivity contribution in [1.82, 2.24) is 5.32 Å². The van der Waals surface area contributed by atoms with Crippen LogP contribution in [0.1, 0.15) is 5.56 Å². The highest BCUT2D eigenvalue weighted by molar-refractivity contribution is 6.01. The molecule has 0 radical (unpaired) electrons. The standard InChI is InChI=1S/C14H19N3O2/c18-8-7-17-13-2-1-12(9-11(13)10-14(17)19)16-5-3-15-4-6-16/h1-2,9,15,18H,3-8,10H2. The number of piperazine rings is 1. The minimum atomic E-state index is 0.00469. The molecule has 0 aromatic heterocycles. The van der Waals surface area contributed by atoms with Crippen LogP contribution in [0.5, 0.6) is 0 Å². The summed E-state index contributed by atoms with van der Waals surface area (Å²) in [6, 6.07) is 6.20. The predicted molar refractivity (Wildman–Crippen MR) is 74.7 cm³/mol. The van der Waals surface area contributed by atoms with Crippen LogP contribution >= 0.6 is 0 Å². The molecule has 0 atom stereocenters. The quantitative estimate of drug-likeness (QED) is 0.803. The van der Waals surface area contributed by atoms with Crippen molar-refractivity contribution in [1.29, 1.82) is 0 Å². The second kappa shape index (κ2) is 5.19. The second-order valence-electron chi connectivity index (χ2n) is 5.00. The second-order valence-corrected chi connectivity index (χ2v) is 5.00. The first-order valence-electron chi connectivity index (χ1n) is 6.79. The summed E-state index contributed by atoms with van der Waals surface area (Å²) in [4.78, 5) is 15.9. The zero-order chi connectivity index (χ0) is 13.2. The molecular weight excluding hydrogens is 242 g/mol. The van der Waals surface area contributed by atoms with Crippen molar-refractivity contribution in [2.45, 2.75) is 6.42 Å². The fourth-order valence-electron chi connectivity index (χ4n) is 2.83. The number of β-amino-alcohol motifs (C(OH)–C–C–N with tert-alkyl or cyclic N) is 1. The normalized spacial score (nSPS) is 18.9. The first-order valence-corrected chi connectivity index (χ1v) is 6.79. The number of anilines is 2. The molecule has 5 nitrogen and oxygen atoms in total. The summed E-state index contributed by atoms with van der Waals surface area (Å²) in [6.45, 7) is 4.42. The number of amides is 1. The van der Waals surface area contributed by atoms with Gasteiger partial charge in [0.2, 0.25) is 5.91 Å². The van der Waals surface area contributed by atoms with Crippen molar-refractivity contribution in [2.75, 3.05) is 49.1 Å². The lowest BCUT2D eigenvalue weighted by Crippen LogP contribution is -2.43. The fourth-order valence-corrected chi connectivity index (χ4v) is 2.83. The van der Waals surface area contributed by atoms with Crippen LogP contribution in [-0.2, 0) is 11.2 Å². The van der Waals surface area contributed by atoms with Crippen LogP contribution < -0.4 is 15.1 Å². The van der Waals surface area contributed by atoms with Gasteiger partial charge in [-0.15, -0.1) is 0 Å². The molecule has 1 saturated heterocycles. The van der Waals surface area contributed by atoms with Crippen molar-refractivity contribution in [3.05, 3.63) is 23.8 Å². The molecule has 2 aliphatic rings. The molecule has 3 rings (SSSR count). The Hall–Kier alpha value is -1.59. The van der Waals surface area contributed by atoms with Crippen molar-refractivity contribution in [2.24, 2.45) is 0 Å². The topological polar surface area (TPSA) is 55.8 Å². The Morgan fingerprint density at radius 1 is 1.26 bits per heavy atom. The van der Waals surface area contributed by atoms with Crippen LogP contribution in [0.25, 0.3) is 0 Å². The Bertz CT molecular complexity index is 484. The molecule has 0 bridgehead atoms. The Kier molecular flexibility index (Phi) is 3.40. The van der Waals surface area contributed by atoms with Gasteiger partial charge < -0.3 is 20.2 Å². The summed E-state index contributed by atoms with van der Waals surface area (Å²) < 4.78 is 0. The molecule has 1 aromatic carbocycles. The van der Waals surface area contributed by atoms with Gasteiger partial charge in [-0.2, -0.15) is 0 Å². The highest BCUT2D eigenvalue weighted by Crippen LogP contribution is 2.32. The Balaban J connectivity index is 1.85. The molecule has 5 heteroatoms. The largest absolute Gasteiger partial charge is 0.395 e. The van der Waals surface area contributed by atoms with Gasteiger partial charge in [-0.25, -0.2) is 0 Å². The summed E-state index contributed by atoms with van der Waals surface area (Å²) in [5.41, 5.74) is 3.23. The average Bonchev–Trinajstić information content (AvgIpc) is 2.76. The third-order valence-corrected chi connectivity index (χ3v) is 3.80. The number of hydrogen-bond acceptors (Lipinski definition) is 4. The molecule has 102 valence electrons. The van der Waals surface area contributed by atoms with Gasteiger partial charge in [-0.1, -0.05) is 0 Å². The van der Waals surface area contributed by atoms with E-state index in [-0.39, 0.29) is 12.5 Å². The van der Waals surface area contributed by atoms with Crippen LogP contribution in [0.15, 0.2) is 18.2 Å². The smallest absolute Gasteiger partial charge is 0.231 e. The van der Waals surface area contributed by atoms with Crippen LogP contribution in [0, 0.1) is 0 Å². The first-order chi connectivity index (χ1) is 9.29. The fraction of sp³-hybridized carbons (Fsp3) is 0.500. The Morgan fingerprint density at radius 2 is 2.05 bits per heavy atom. The van der Waals surface area contributed by atoms with E-state index in [1.54, 1.807) is 4.90 Å². The van der Waals surface area contributed by atoms with E-state index in [9.17, 15) is 4.79 Å². The number of aliphatic hydroxyl groups excluding tert-OH is 1. The lowest BCUT2D eigenvalue weighted by atomic mass is 10.1. The number of nitrogens with one attached hydrogen (secondary N) is 1. The summed E-state index contributed by atoms with van der Waals surface area (Å²) in [6.07, 6.45) is 0.454. The maximum Gasteiger partial charge on any atom is 0.231 e. The monoisotopic (exact) mass is 261 g/mol. The molecule has 2 N–H and O–H groups in total. The van der Waals surface area contributed by atoms with Gasteiger partial charge in [0.05, 0.1) is 13.0 Å². The number of carbonyl (C=O) groups is 1. The molecule has 0 saturated carbocycles. The number of aliphatic hydroxyl groups is 1. The number of rotatable bonds is 3. The highest BCUT2D eigenvalue weighted by atomic mass is 16.3. The first kappa shape index (κ1) is 12.4. The van der Waals surface area contributed by atoms with E-state index in [0.29, 0.717) is 13.0 Å². The predicted octanol–water partition coefficient (Wildman–Crippen LogP) is -0.0224. The summed E-state index contributed by atoms with van der Waals surface area (Å²) in [7, 11) is 0. The van der Waals surface area contributed by atoms with Gasteiger partial charge in [-0.05, 0) is 23.8 Å². The van der Waals surface area contributed by atoms with Crippen LogP contribution in [0.2, 0.25) is 0 Å². The minimum Gasteiger partial charge on any atom is -0.395 e. The molecule has 0 spiro atoms. The Morgan fingerprint density at radius 3 is 2.79 bits per heavy atom. The highest BCUT2D eigenvalue weighted by Gasteiger charge is 2.27. The number of fused-ring (bicyclic) bond motifs is 1. The number of nitrogens with zero attached hydrogens (tertiary/aromatic N) is 2. The Labute approximate surface area is 112 Å². The van der Waals surface area contributed by atoms with Crippen molar-refractivity contribution >= 4 is 17.3 Å². The summed E-state index contributed by atoms with van der Waals surface area (Å²) in [5, 5.41) is 12.4. The molecule has 2 aliphatic heterocycles. The van der Waals surface area contributed by atoms with E-state index < -0.39 is 0 Å². The van der Waals surface area contributed by atoms with Gasteiger partial charge in [0.1, 0.15) is 0 Å². The zero-order valence-corrected chi connectivity index (χ0v) is 10.9. The molecule has 2 heterocycles. The van der Waals surface area contributed by atoms with Gasteiger partial charge in [-0.3, -0.25) is 4.79 Å². The number of carbonyl (C=O) groups excluding carboxylic acids is 1. The van der Waals surface area contributed by atoms with E-state index >= 15 is 0 Å². The summed E-state index contributed by atoms with van der Waals surface area (Å²) >= 11 is 0. The van der Waals surface area contributed by atoms with Crippen molar-refractivity contribution < 1.29 is 9.90 Å². The van der Waals surface area contributed by atoms with E-state index in [4.69, 9.17) is 5.11 Å². The molecule has 0 unspecified atom stereocenters. The maximum atomic E-state index is 11.9. The molecule has 0 aliphatic carbocycles. The van der Waals surface area contributed by atoms with Gasteiger partial charge in [0.15, 0.2) is 0 Å². The minimum absolute atomic E-state index is 0.00469. The lowest BCUT2D eigenvalue weighted by Gasteiger charge is -2.30. The molecule has 1 aromatic rings. The van der Waals surface area contributed by atoms with Crippen LogP contribution in [-0.4, -0.2) is 50.3 Å². The summed E-state index contributed by atoms with van der Waals surface area (Å²) in [5.74, 6) is 0.0847. The van der Waals surface area contributed by atoms with Gasteiger partial charge in [0, 0.05) is 44.1 Å². The molecular formula is C14H19N3O2. The molecule has 19 heavy (non-hydrogen) atoms. The van der Waals surface area contributed by atoms with Gasteiger partial charge in [0.25, 0.3) is 0 Å².